The number of hydrogen-bond acceptors (Lipinski definition) is 2. The molecule has 19 heavy (non-hydrogen) atoms. The third-order valence-corrected chi connectivity index (χ3v) is 2.36. The van der Waals surface area contributed by atoms with Gasteiger partial charge in [0.2, 0.25) is 0 Å². The van der Waals surface area contributed by atoms with Crippen molar-refractivity contribution in [3.63, 3.8) is 0 Å². The van der Waals surface area contributed by atoms with Gasteiger partial charge in [-0.3, -0.25) is 0 Å². The molecule has 0 aliphatic rings. The summed E-state index contributed by atoms with van der Waals surface area (Å²) in [4.78, 5) is 0. The van der Waals surface area contributed by atoms with E-state index in [9.17, 15) is 17.6 Å². The van der Waals surface area contributed by atoms with Gasteiger partial charge in [0, 0.05) is 12.1 Å². The first-order valence-electron chi connectivity index (χ1n) is 5.12. The van der Waals surface area contributed by atoms with Gasteiger partial charge in [0.15, 0.2) is 11.6 Å². The predicted octanol–water partition coefficient (Wildman–Crippen LogP) is 3.86. The van der Waals surface area contributed by atoms with E-state index in [-0.39, 0.29) is 11.3 Å². The molecule has 0 saturated heterocycles. The maximum absolute atomic E-state index is 13.4. The van der Waals surface area contributed by atoms with E-state index in [0.717, 1.165) is 18.2 Å². The van der Waals surface area contributed by atoms with Gasteiger partial charge >= 0.3 is 0 Å². The molecule has 2 rings (SSSR count). The van der Waals surface area contributed by atoms with Crippen LogP contribution in [0.5, 0.6) is 0 Å². The van der Waals surface area contributed by atoms with Crippen molar-refractivity contribution in [3.8, 4) is 6.07 Å². The molecule has 2 aromatic rings. The fourth-order valence-corrected chi connectivity index (χ4v) is 1.51. The summed E-state index contributed by atoms with van der Waals surface area (Å²) in [6, 6.07) is 5.97. The number of nitriles is 1. The van der Waals surface area contributed by atoms with Crippen LogP contribution in [0.3, 0.4) is 0 Å². The Labute approximate surface area is 105 Å². The van der Waals surface area contributed by atoms with Gasteiger partial charge in [-0.1, -0.05) is 0 Å². The van der Waals surface area contributed by atoms with Gasteiger partial charge in [-0.15, -0.1) is 0 Å². The number of benzene rings is 2. The van der Waals surface area contributed by atoms with Crippen molar-refractivity contribution < 1.29 is 17.6 Å². The Morgan fingerprint density at radius 3 is 2.32 bits per heavy atom. The van der Waals surface area contributed by atoms with Gasteiger partial charge in [-0.25, -0.2) is 17.6 Å². The highest BCUT2D eigenvalue weighted by molar-refractivity contribution is 5.66. The molecule has 2 aromatic carbocycles. The van der Waals surface area contributed by atoms with Crippen molar-refractivity contribution in [2.75, 3.05) is 5.32 Å². The van der Waals surface area contributed by atoms with Gasteiger partial charge in [0.1, 0.15) is 17.7 Å². The Balaban J connectivity index is 2.45. The first-order valence-corrected chi connectivity index (χ1v) is 5.12. The van der Waals surface area contributed by atoms with E-state index in [1.54, 1.807) is 6.07 Å². The zero-order valence-electron chi connectivity index (χ0n) is 9.35. The normalized spacial score (nSPS) is 10.1. The molecule has 0 aliphatic heterocycles. The van der Waals surface area contributed by atoms with Crippen LogP contribution in [0.1, 0.15) is 5.56 Å². The number of rotatable bonds is 2. The van der Waals surface area contributed by atoms with Crippen LogP contribution >= 0.6 is 0 Å². The lowest BCUT2D eigenvalue weighted by Gasteiger charge is -2.09. The Bertz CT molecular complexity index is 677. The molecule has 0 fully saturated rings. The highest BCUT2D eigenvalue weighted by atomic mass is 19.2. The van der Waals surface area contributed by atoms with E-state index >= 15 is 0 Å². The molecular formula is C13H6F4N2. The first-order chi connectivity index (χ1) is 9.01. The maximum atomic E-state index is 13.4. The fourth-order valence-electron chi connectivity index (χ4n) is 1.51. The monoisotopic (exact) mass is 266 g/mol. The Morgan fingerprint density at radius 2 is 1.63 bits per heavy atom. The third-order valence-electron chi connectivity index (χ3n) is 2.36. The van der Waals surface area contributed by atoms with Crippen molar-refractivity contribution >= 4 is 11.4 Å². The highest BCUT2D eigenvalue weighted by Crippen LogP contribution is 2.25. The summed E-state index contributed by atoms with van der Waals surface area (Å²) in [5.74, 6) is -4.26. The average molecular weight is 266 g/mol. The van der Waals surface area contributed by atoms with E-state index in [0.29, 0.717) is 6.07 Å². The van der Waals surface area contributed by atoms with Crippen LogP contribution in [0, 0.1) is 34.6 Å². The molecule has 2 nitrogen and oxygen atoms in total. The van der Waals surface area contributed by atoms with E-state index in [2.05, 4.69) is 5.32 Å². The maximum Gasteiger partial charge on any atom is 0.182 e. The second-order valence-corrected chi connectivity index (χ2v) is 3.68. The lowest BCUT2D eigenvalue weighted by molar-refractivity contribution is 0.498. The smallest absolute Gasteiger partial charge is 0.182 e. The molecule has 0 atom stereocenters. The molecule has 1 N–H and O–H groups in total. The Hall–Kier alpha value is -2.55. The average Bonchev–Trinajstić information content (AvgIpc) is 2.37. The van der Waals surface area contributed by atoms with Crippen molar-refractivity contribution in [1.82, 2.24) is 0 Å². The summed E-state index contributed by atoms with van der Waals surface area (Å²) in [7, 11) is 0. The lowest BCUT2D eigenvalue weighted by Crippen LogP contribution is -2.00. The molecule has 0 amide bonds. The summed E-state index contributed by atoms with van der Waals surface area (Å²) < 4.78 is 52.3. The summed E-state index contributed by atoms with van der Waals surface area (Å²) in [5, 5.41) is 11.2. The molecular weight excluding hydrogens is 260 g/mol. The molecule has 96 valence electrons. The van der Waals surface area contributed by atoms with Crippen LogP contribution in [-0.2, 0) is 0 Å². The van der Waals surface area contributed by atoms with Gasteiger partial charge in [-0.2, -0.15) is 5.26 Å². The number of hydrogen-bond donors (Lipinski definition) is 1. The minimum absolute atomic E-state index is 0.0489. The summed E-state index contributed by atoms with van der Waals surface area (Å²) in [6.07, 6.45) is 0. The first kappa shape index (κ1) is 12.9. The van der Waals surface area contributed by atoms with Crippen LogP contribution in [0.25, 0.3) is 0 Å². The van der Waals surface area contributed by atoms with Gasteiger partial charge in [0.25, 0.3) is 0 Å². The largest absolute Gasteiger partial charge is 0.352 e. The van der Waals surface area contributed by atoms with Crippen LogP contribution in [0.4, 0.5) is 28.9 Å². The summed E-state index contributed by atoms with van der Waals surface area (Å²) in [5.41, 5.74) is -0.530. The minimum atomic E-state index is -1.36. The quantitative estimate of drug-likeness (QED) is 0.661. The van der Waals surface area contributed by atoms with Gasteiger partial charge in [-0.05, 0) is 18.2 Å². The van der Waals surface area contributed by atoms with E-state index in [4.69, 9.17) is 5.26 Å². The summed E-state index contributed by atoms with van der Waals surface area (Å²) >= 11 is 0. The highest BCUT2D eigenvalue weighted by Gasteiger charge is 2.13. The second kappa shape index (κ2) is 4.98. The molecule has 0 saturated carbocycles. The van der Waals surface area contributed by atoms with Gasteiger partial charge < -0.3 is 5.32 Å². The molecule has 0 bridgehead atoms. The van der Waals surface area contributed by atoms with Crippen LogP contribution in [-0.4, -0.2) is 0 Å². The lowest BCUT2D eigenvalue weighted by atomic mass is 10.1. The molecule has 0 aromatic heterocycles. The molecule has 6 heteroatoms. The Morgan fingerprint density at radius 1 is 0.895 bits per heavy atom. The van der Waals surface area contributed by atoms with E-state index in [1.165, 1.54) is 6.07 Å². The van der Waals surface area contributed by atoms with E-state index < -0.39 is 29.0 Å². The summed E-state index contributed by atoms with van der Waals surface area (Å²) in [6.45, 7) is 0. The minimum Gasteiger partial charge on any atom is -0.352 e. The van der Waals surface area contributed by atoms with E-state index in [1.807, 2.05) is 0 Å². The third kappa shape index (κ3) is 2.65. The molecule has 0 radical (unpaired) electrons. The Kier molecular flexibility index (Phi) is 3.38. The zero-order chi connectivity index (χ0) is 14.0. The standard InChI is InChI=1S/C13H6F4N2/c14-8-1-2-11(7(3-8)6-18)19-12-5-9(15)4-10(16)13(12)17/h1-5,19H. The van der Waals surface area contributed by atoms with Crippen LogP contribution < -0.4 is 5.32 Å². The SMILES string of the molecule is N#Cc1cc(F)ccc1Nc1cc(F)cc(F)c1F. The number of anilines is 2. The number of halogens is 4. The van der Waals surface area contributed by atoms with Crippen molar-refractivity contribution in [1.29, 1.82) is 5.26 Å². The van der Waals surface area contributed by atoms with Crippen molar-refractivity contribution in [2.45, 2.75) is 0 Å². The number of nitrogens with one attached hydrogen (secondary N) is 1. The van der Waals surface area contributed by atoms with Crippen molar-refractivity contribution in [2.24, 2.45) is 0 Å². The molecule has 0 aliphatic carbocycles. The van der Waals surface area contributed by atoms with Crippen molar-refractivity contribution in [3.05, 3.63) is 59.2 Å². The number of nitrogens with zero attached hydrogens (tertiary/aromatic N) is 1. The zero-order valence-corrected chi connectivity index (χ0v) is 9.35. The second-order valence-electron chi connectivity index (χ2n) is 3.68. The molecule has 0 heterocycles. The van der Waals surface area contributed by atoms with Crippen LogP contribution in [0.2, 0.25) is 0 Å². The fraction of sp³-hybridized carbons (Fsp3) is 0. The van der Waals surface area contributed by atoms with Gasteiger partial charge in [0.05, 0.1) is 16.9 Å². The topological polar surface area (TPSA) is 35.8 Å². The molecule has 0 unspecified atom stereocenters. The predicted molar refractivity (Wildman–Crippen MR) is 60.7 cm³/mol. The molecule has 0 spiro atoms. The van der Waals surface area contributed by atoms with Crippen LogP contribution in [0.15, 0.2) is 30.3 Å².